The second kappa shape index (κ2) is 11.7. The molecular formula is C29H26N2O6S. The predicted molar refractivity (Wildman–Crippen MR) is 145 cm³/mol. The average Bonchev–Trinajstić information content (AvgIpc) is 3.43. The molecule has 1 amide bonds. The van der Waals surface area contributed by atoms with Gasteiger partial charge >= 0.3 is 5.97 Å². The van der Waals surface area contributed by atoms with E-state index in [-0.39, 0.29) is 28.8 Å². The predicted octanol–water partition coefficient (Wildman–Crippen LogP) is 5.38. The summed E-state index contributed by atoms with van der Waals surface area (Å²) in [5.41, 5.74) is 1.58. The maximum atomic E-state index is 13.4. The van der Waals surface area contributed by atoms with Crippen LogP contribution in [0.5, 0.6) is 5.75 Å². The third kappa shape index (κ3) is 5.42. The summed E-state index contributed by atoms with van der Waals surface area (Å²) in [5.74, 6) is -2.08. The smallest absolute Gasteiger partial charge is 0.350 e. The number of anilines is 1. The normalized spacial score (nSPS) is 15.3. The van der Waals surface area contributed by atoms with Crippen molar-refractivity contribution in [2.75, 3.05) is 18.1 Å². The summed E-state index contributed by atoms with van der Waals surface area (Å²) in [4.78, 5) is 45.2. The number of nitrogens with zero attached hydrogens (tertiary/aromatic N) is 2. The Hall–Kier alpha value is -4.50. The second-order valence-electron chi connectivity index (χ2n) is 8.25. The Morgan fingerprint density at radius 2 is 1.95 bits per heavy atom. The number of benzene rings is 2. The lowest BCUT2D eigenvalue weighted by Gasteiger charge is -2.24. The number of aromatic nitrogens is 1. The van der Waals surface area contributed by atoms with Crippen molar-refractivity contribution in [3.63, 3.8) is 0 Å². The molecule has 38 heavy (non-hydrogen) atoms. The molecule has 0 spiro atoms. The molecule has 194 valence electrons. The van der Waals surface area contributed by atoms with E-state index >= 15 is 0 Å². The summed E-state index contributed by atoms with van der Waals surface area (Å²) in [7, 11) is 0. The Labute approximate surface area is 224 Å². The van der Waals surface area contributed by atoms with Gasteiger partial charge in [0.2, 0.25) is 0 Å². The summed E-state index contributed by atoms with van der Waals surface area (Å²) in [5, 5.41) is 11.1. The highest BCUT2D eigenvalue weighted by molar-refractivity contribution is 7.17. The largest absolute Gasteiger partial charge is 0.503 e. The van der Waals surface area contributed by atoms with Gasteiger partial charge < -0.3 is 14.6 Å². The number of aryl methyl sites for hydroxylation is 1. The highest BCUT2D eigenvalue weighted by atomic mass is 32.1. The van der Waals surface area contributed by atoms with Gasteiger partial charge in [-0.2, -0.15) is 0 Å². The number of rotatable bonds is 10. The number of hydrogen-bond acceptors (Lipinski definition) is 8. The van der Waals surface area contributed by atoms with E-state index in [1.165, 1.54) is 11.0 Å². The third-order valence-electron chi connectivity index (χ3n) is 5.69. The average molecular weight is 531 g/mol. The highest BCUT2D eigenvalue weighted by Gasteiger charge is 2.45. The van der Waals surface area contributed by atoms with Crippen molar-refractivity contribution in [2.45, 2.75) is 19.9 Å². The number of ketones is 1. The number of thiazole rings is 1. The maximum absolute atomic E-state index is 13.4. The fourth-order valence-corrected chi connectivity index (χ4v) is 4.98. The van der Waals surface area contributed by atoms with Gasteiger partial charge in [-0.3, -0.25) is 14.5 Å². The first-order chi connectivity index (χ1) is 18.3. The number of carbonyl (C=O) groups excluding carboxylic acids is 3. The van der Waals surface area contributed by atoms with E-state index in [1.54, 1.807) is 50.3 Å². The van der Waals surface area contributed by atoms with Gasteiger partial charge in [0.1, 0.15) is 17.2 Å². The molecule has 2 heterocycles. The van der Waals surface area contributed by atoms with Crippen LogP contribution in [0, 0.1) is 6.92 Å². The van der Waals surface area contributed by atoms with Gasteiger partial charge in [-0.1, -0.05) is 72.5 Å². The minimum absolute atomic E-state index is 0.103. The van der Waals surface area contributed by atoms with Crippen LogP contribution in [0.4, 0.5) is 5.13 Å². The Kier molecular flexibility index (Phi) is 8.18. The molecule has 2 aromatic carbocycles. The van der Waals surface area contributed by atoms with Crippen LogP contribution >= 0.6 is 11.3 Å². The van der Waals surface area contributed by atoms with Crippen molar-refractivity contribution in [3.8, 4) is 5.75 Å². The molecule has 1 aliphatic rings. The molecule has 9 heteroatoms. The maximum Gasteiger partial charge on any atom is 0.350 e. The molecule has 0 bridgehead atoms. The Morgan fingerprint density at radius 1 is 1.18 bits per heavy atom. The van der Waals surface area contributed by atoms with Crippen LogP contribution in [-0.4, -0.2) is 41.0 Å². The van der Waals surface area contributed by atoms with E-state index in [1.807, 2.05) is 30.3 Å². The molecule has 4 rings (SSSR count). The molecule has 1 unspecified atom stereocenters. The van der Waals surface area contributed by atoms with Crippen LogP contribution in [0.3, 0.4) is 0 Å². The number of hydrogen-bond donors (Lipinski definition) is 1. The van der Waals surface area contributed by atoms with Crippen LogP contribution in [-0.2, 0) is 14.3 Å². The summed E-state index contributed by atoms with van der Waals surface area (Å²) in [6, 6.07) is 15.1. The zero-order valence-electron chi connectivity index (χ0n) is 20.9. The number of ether oxygens (including phenoxy) is 2. The van der Waals surface area contributed by atoms with Crippen molar-refractivity contribution in [1.82, 2.24) is 4.98 Å². The van der Waals surface area contributed by atoms with Crippen molar-refractivity contribution in [2.24, 2.45) is 0 Å². The fraction of sp³-hybridized carbons (Fsp3) is 0.172. The molecule has 8 nitrogen and oxygen atoms in total. The van der Waals surface area contributed by atoms with E-state index in [4.69, 9.17) is 9.47 Å². The second-order valence-corrected chi connectivity index (χ2v) is 9.23. The van der Waals surface area contributed by atoms with Crippen LogP contribution in [0.1, 0.15) is 39.5 Å². The molecule has 1 aromatic heterocycles. The molecule has 3 aromatic rings. The van der Waals surface area contributed by atoms with Crippen molar-refractivity contribution in [3.05, 3.63) is 106 Å². The summed E-state index contributed by atoms with van der Waals surface area (Å²) in [6.45, 7) is 7.42. The number of amides is 1. The van der Waals surface area contributed by atoms with Gasteiger partial charge in [0, 0.05) is 0 Å². The van der Waals surface area contributed by atoms with Crippen LogP contribution in [0.2, 0.25) is 0 Å². The third-order valence-corrected chi connectivity index (χ3v) is 6.83. The topological polar surface area (TPSA) is 106 Å². The van der Waals surface area contributed by atoms with Gasteiger partial charge in [-0.05, 0) is 43.2 Å². The van der Waals surface area contributed by atoms with E-state index < -0.39 is 29.5 Å². The molecule has 0 aliphatic carbocycles. The summed E-state index contributed by atoms with van der Waals surface area (Å²) >= 11 is 0.959. The van der Waals surface area contributed by atoms with E-state index in [0.29, 0.717) is 17.0 Å². The number of esters is 1. The Morgan fingerprint density at radius 3 is 2.66 bits per heavy atom. The Bertz CT molecular complexity index is 1440. The zero-order valence-corrected chi connectivity index (χ0v) is 21.7. The number of aliphatic hydroxyl groups excluding tert-OH is 1. The van der Waals surface area contributed by atoms with Gasteiger partial charge in [0.25, 0.3) is 5.91 Å². The van der Waals surface area contributed by atoms with E-state index in [2.05, 4.69) is 11.6 Å². The highest BCUT2D eigenvalue weighted by Crippen LogP contribution is 2.43. The van der Waals surface area contributed by atoms with E-state index in [0.717, 1.165) is 16.9 Å². The molecule has 1 atom stereocenters. The van der Waals surface area contributed by atoms with Crippen molar-refractivity contribution >= 4 is 40.2 Å². The van der Waals surface area contributed by atoms with Crippen LogP contribution in [0.15, 0.2) is 84.7 Å². The van der Waals surface area contributed by atoms with Crippen LogP contribution < -0.4 is 9.64 Å². The molecule has 0 radical (unpaired) electrons. The van der Waals surface area contributed by atoms with Gasteiger partial charge in [0.05, 0.1) is 23.9 Å². The van der Waals surface area contributed by atoms with Crippen molar-refractivity contribution in [1.29, 1.82) is 0 Å². The lowest BCUT2D eigenvalue weighted by atomic mass is 9.95. The number of aliphatic hydroxyl groups is 1. The minimum atomic E-state index is -1.01. The quantitative estimate of drug-likeness (QED) is 0.213. The summed E-state index contributed by atoms with van der Waals surface area (Å²) < 4.78 is 10.8. The number of allylic oxidation sites excluding steroid dienone is 1. The summed E-state index contributed by atoms with van der Waals surface area (Å²) in [6.07, 6.45) is 4.53. The monoisotopic (exact) mass is 530 g/mol. The van der Waals surface area contributed by atoms with Gasteiger partial charge in [-0.15, -0.1) is 0 Å². The molecule has 0 saturated heterocycles. The first kappa shape index (κ1) is 26.6. The van der Waals surface area contributed by atoms with Crippen LogP contribution in [0.25, 0.3) is 6.08 Å². The molecule has 1 aliphatic heterocycles. The fourth-order valence-electron chi connectivity index (χ4n) is 4.00. The van der Waals surface area contributed by atoms with Gasteiger partial charge in [0.15, 0.2) is 16.7 Å². The molecular weight excluding hydrogens is 504 g/mol. The van der Waals surface area contributed by atoms with Gasteiger partial charge in [-0.25, -0.2) is 9.78 Å². The van der Waals surface area contributed by atoms with Crippen molar-refractivity contribution < 1.29 is 29.0 Å². The van der Waals surface area contributed by atoms with E-state index in [9.17, 15) is 19.5 Å². The lowest BCUT2D eigenvalue weighted by Crippen LogP contribution is -2.30. The molecule has 0 fully saturated rings. The first-order valence-electron chi connectivity index (χ1n) is 11.9. The minimum Gasteiger partial charge on any atom is -0.503 e. The molecule has 0 saturated carbocycles. The first-order valence-corrected chi connectivity index (χ1v) is 12.7. The zero-order chi connectivity index (χ0) is 27.2. The standard InChI is InChI=1S/C29H26N2O6S/c1-4-16-37-21-13-9-12-20(17-21)24-23(22(32)15-14-19-10-7-6-8-11-19)25(33)27(34)31(24)29-30-18(3)26(38-29)28(35)36-5-2/h4,6-15,17,24,33H,1,5,16H2,2-3H3/b15-14+. The lowest BCUT2D eigenvalue weighted by molar-refractivity contribution is -0.117. The number of carbonyl (C=O) groups is 3. The SMILES string of the molecule is C=CCOc1cccc(C2C(C(=O)/C=C/c3ccccc3)=C(O)C(=O)N2c2nc(C)c(C(=O)OCC)s2)c1. The molecule has 1 N–H and O–H groups in total. The Balaban J connectivity index is 1.80.